The van der Waals surface area contributed by atoms with Crippen molar-refractivity contribution >= 4 is 8.32 Å². The molecule has 0 saturated heterocycles. The minimum absolute atomic E-state index is 0.0325. The van der Waals surface area contributed by atoms with Crippen molar-refractivity contribution in [3.8, 4) is 5.75 Å². The molecule has 0 fully saturated rings. The van der Waals surface area contributed by atoms with Crippen molar-refractivity contribution in [2.24, 2.45) is 11.8 Å². The summed E-state index contributed by atoms with van der Waals surface area (Å²) in [6.07, 6.45) is -6.69. The molecule has 0 aliphatic heterocycles. The summed E-state index contributed by atoms with van der Waals surface area (Å²) in [6, 6.07) is 5.55. The van der Waals surface area contributed by atoms with Gasteiger partial charge in [0.05, 0.1) is 19.3 Å². The number of hydrogen-bond acceptors (Lipinski definition) is 3. The van der Waals surface area contributed by atoms with Crippen LogP contribution in [0.5, 0.6) is 5.75 Å². The fourth-order valence-corrected chi connectivity index (χ4v) is 5.15. The van der Waals surface area contributed by atoms with Crippen LogP contribution in [0.15, 0.2) is 36.4 Å². The van der Waals surface area contributed by atoms with Gasteiger partial charge in [0.15, 0.2) is 8.32 Å². The zero-order valence-electron chi connectivity index (χ0n) is 29.8. The number of alkyl halides is 15. The first-order chi connectivity index (χ1) is 23.1. The van der Waals surface area contributed by atoms with E-state index in [0.29, 0.717) is 18.1 Å². The summed E-state index contributed by atoms with van der Waals surface area (Å²) in [7, 11) is -1.85. The molecule has 0 saturated carbocycles. The zero-order valence-corrected chi connectivity index (χ0v) is 30.8. The number of benzene rings is 1. The van der Waals surface area contributed by atoms with Crippen LogP contribution in [0.25, 0.3) is 0 Å². The maximum atomic E-state index is 14.0. The molecule has 0 radical (unpaired) electrons. The monoisotopic (exact) mass is 802 g/mol. The highest BCUT2D eigenvalue weighted by atomic mass is 28.4. The van der Waals surface area contributed by atoms with Crippen LogP contribution < -0.4 is 4.74 Å². The van der Waals surface area contributed by atoms with Crippen LogP contribution in [-0.2, 0) is 15.8 Å². The third-order valence-electron chi connectivity index (χ3n) is 8.99. The van der Waals surface area contributed by atoms with Gasteiger partial charge in [0.1, 0.15) is 5.75 Å². The molecule has 1 aromatic rings. The molecule has 0 heterocycles. The fourth-order valence-electron chi connectivity index (χ4n) is 4.02. The predicted molar refractivity (Wildman–Crippen MR) is 166 cm³/mol. The average molecular weight is 803 g/mol. The van der Waals surface area contributed by atoms with Crippen LogP contribution in [0.4, 0.5) is 65.9 Å². The highest BCUT2D eigenvalue weighted by Crippen LogP contribution is 2.62. The number of allylic oxidation sites excluding steroid dienone is 1. The van der Waals surface area contributed by atoms with E-state index in [1.165, 1.54) is 24.3 Å². The zero-order chi connectivity index (χ0) is 41.0. The molecule has 1 rings (SSSR count). The first kappa shape index (κ1) is 47.9. The summed E-state index contributed by atoms with van der Waals surface area (Å²) < 4.78 is 217. The van der Waals surface area contributed by atoms with Crippen molar-refractivity contribution in [2.45, 2.75) is 133 Å². The van der Waals surface area contributed by atoms with Gasteiger partial charge in [-0.15, -0.1) is 0 Å². The van der Waals surface area contributed by atoms with Gasteiger partial charge in [-0.2, -0.15) is 65.9 Å². The van der Waals surface area contributed by atoms with Gasteiger partial charge in [-0.1, -0.05) is 58.9 Å². The van der Waals surface area contributed by atoms with Gasteiger partial charge in [0, 0.05) is 13.0 Å². The molecule has 1 aromatic carbocycles. The van der Waals surface area contributed by atoms with E-state index in [1.807, 2.05) is 19.9 Å². The summed E-state index contributed by atoms with van der Waals surface area (Å²) >= 11 is 0. The lowest BCUT2D eigenvalue weighted by Crippen LogP contribution is -2.72. The van der Waals surface area contributed by atoms with Crippen LogP contribution in [0.2, 0.25) is 18.1 Å². The Labute approximate surface area is 294 Å². The van der Waals surface area contributed by atoms with Gasteiger partial charge in [0.25, 0.3) is 0 Å². The predicted octanol–water partition coefficient (Wildman–Crippen LogP) is 12.4. The molecular weight excluding hydrogens is 757 g/mol. The highest BCUT2D eigenvalue weighted by Gasteiger charge is 2.93. The van der Waals surface area contributed by atoms with Crippen LogP contribution >= 0.6 is 0 Å². The second-order valence-electron chi connectivity index (χ2n) is 14.4. The summed E-state index contributed by atoms with van der Waals surface area (Å²) in [6.45, 7) is 16.6. The molecule has 0 unspecified atom stereocenters. The van der Waals surface area contributed by atoms with Gasteiger partial charge < -0.3 is 13.9 Å². The summed E-state index contributed by atoms with van der Waals surface area (Å²) in [5.41, 5.74) is 0.619. The summed E-state index contributed by atoms with van der Waals surface area (Å²) in [5.74, 6) is -46.2. The summed E-state index contributed by atoms with van der Waals surface area (Å²) in [5, 5.41) is 0.109. The summed E-state index contributed by atoms with van der Waals surface area (Å²) in [4.78, 5) is 0. The van der Waals surface area contributed by atoms with Crippen molar-refractivity contribution in [1.29, 1.82) is 0 Å². The van der Waals surface area contributed by atoms with E-state index >= 15 is 0 Å². The Kier molecular flexibility index (Phi) is 15.4. The van der Waals surface area contributed by atoms with E-state index < -0.39 is 69.5 Å². The lowest BCUT2D eigenvalue weighted by molar-refractivity contribution is -0.452. The number of hydrogen-bond donors (Lipinski definition) is 0. The number of ether oxygens (including phenoxy) is 2. The van der Waals surface area contributed by atoms with Crippen molar-refractivity contribution in [3.63, 3.8) is 0 Å². The molecule has 304 valence electrons. The molecule has 0 aromatic heterocycles. The maximum Gasteiger partial charge on any atom is 0.460 e. The van der Waals surface area contributed by atoms with Crippen LogP contribution in [0.3, 0.4) is 0 Å². The van der Waals surface area contributed by atoms with E-state index in [4.69, 9.17) is 13.9 Å². The van der Waals surface area contributed by atoms with E-state index in [1.54, 1.807) is 0 Å². The Morgan fingerprint density at radius 3 is 1.65 bits per heavy atom. The minimum Gasteiger partial charge on any atom is -0.494 e. The quantitative estimate of drug-likeness (QED) is 0.0569. The third kappa shape index (κ3) is 10.5. The Morgan fingerprint density at radius 1 is 0.692 bits per heavy atom. The molecule has 0 spiro atoms. The Bertz CT molecular complexity index is 1290. The van der Waals surface area contributed by atoms with E-state index in [0.717, 1.165) is 6.42 Å². The molecule has 3 atom stereocenters. The van der Waals surface area contributed by atoms with Gasteiger partial charge in [-0.05, 0) is 67.4 Å². The van der Waals surface area contributed by atoms with Crippen LogP contribution in [-0.4, -0.2) is 69.3 Å². The second-order valence-corrected chi connectivity index (χ2v) is 19.2. The van der Waals surface area contributed by atoms with Gasteiger partial charge in [-0.3, -0.25) is 0 Å². The normalized spacial score (nSPS) is 16.7. The van der Waals surface area contributed by atoms with Gasteiger partial charge >= 0.3 is 41.7 Å². The Morgan fingerprint density at radius 2 is 1.17 bits per heavy atom. The lowest BCUT2D eigenvalue weighted by atomic mass is 9.90. The molecule has 19 heteroatoms. The SMILES string of the molecule is C[C@@H](C/C=C/[C@@H](C)[C@H](C)OCc1ccc(OCCCC(F)(F)C(F)(F)C(F)(F)C(F)(F)C(F)(F)C(F)(F)C(F)(F)F)cc1)CO[Si](C)(C)C(C)(C)C. The average Bonchev–Trinajstić information content (AvgIpc) is 2.99. The van der Waals surface area contributed by atoms with E-state index in [9.17, 15) is 65.9 Å². The van der Waals surface area contributed by atoms with Crippen molar-refractivity contribution < 1.29 is 79.8 Å². The highest BCUT2D eigenvalue weighted by molar-refractivity contribution is 6.74. The molecule has 0 amide bonds. The minimum atomic E-state index is -8.29. The van der Waals surface area contributed by atoms with E-state index in [2.05, 4.69) is 46.9 Å². The Hall–Kier alpha value is -2.15. The maximum absolute atomic E-state index is 14.0. The standard InChI is InChI=1S/C33H45F15O3Si/c1-21(19-51-52(7,8)26(4,5)6)11-9-12-22(2)23(3)50-20-24-13-15-25(16-14-24)49-18-10-17-27(34,35)28(36,37)29(38,39)30(40,41)31(42,43)32(44,45)33(46,47)48/h9,12-16,21-23H,10-11,17-20H2,1-8H3/b12-9+/t21-,22+,23-/m0/s1. The van der Waals surface area contributed by atoms with Gasteiger partial charge in [-0.25, -0.2) is 0 Å². The van der Waals surface area contributed by atoms with Crippen LogP contribution in [0, 0.1) is 11.8 Å². The molecular formula is C33H45F15O3Si. The van der Waals surface area contributed by atoms with Gasteiger partial charge in [0.2, 0.25) is 0 Å². The number of halogens is 15. The Balaban J connectivity index is 2.70. The van der Waals surface area contributed by atoms with Crippen LogP contribution in [0.1, 0.15) is 66.4 Å². The van der Waals surface area contributed by atoms with Crippen molar-refractivity contribution in [1.82, 2.24) is 0 Å². The first-order valence-corrected chi connectivity index (χ1v) is 19.0. The lowest BCUT2D eigenvalue weighted by Gasteiger charge is -2.41. The first-order valence-electron chi connectivity index (χ1n) is 16.1. The van der Waals surface area contributed by atoms with Crippen molar-refractivity contribution in [2.75, 3.05) is 13.2 Å². The third-order valence-corrected chi connectivity index (χ3v) is 13.5. The largest absolute Gasteiger partial charge is 0.494 e. The van der Waals surface area contributed by atoms with E-state index in [-0.39, 0.29) is 29.4 Å². The molecule has 0 aliphatic carbocycles. The fraction of sp³-hybridized carbons (Fsp3) is 0.758. The van der Waals surface area contributed by atoms with Crippen molar-refractivity contribution in [3.05, 3.63) is 42.0 Å². The second kappa shape index (κ2) is 16.7. The molecule has 0 N–H and O–H groups in total. The molecule has 0 aliphatic rings. The molecule has 0 bridgehead atoms. The smallest absolute Gasteiger partial charge is 0.460 e. The molecule has 52 heavy (non-hydrogen) atoms. The molecule has 3 nitrogen and oxygen atoms in total. The number of rotatable bonds is 20. The topological polar surface area (TPSA) is 27.7 Å².